The Balaban J connectivity index is 1.52. The molecule has 0 unspecified atom stereocenters. The number of aromatic nitrogens is 2. The van der Waals surface area contributed by atoms with Crippen LogP contribution in [0.3, 0.4) is 0 Å². The summed E-state index contributed by atoms with van der Waals surface area (Å²) < 4.78 is 34.7. The summed E-state index contributed by atoms with van der Waals surface area (Å²) in [5, 5.41) is 6.70. The number of carbonyl (C=O) groups excluding carboxylic acids is 1. The lowest BCUT2D eigenvalue weighted by Gasteiger charge is -2.29. The summed E-state index contributed by atoms with van der Waals surface area (Å²) in [5.74, 6) is 1.13. The highest BCUT2D eigenvalue weighted by Crippen LogP contribution is 2.21. The largest absolute Gasteiger partial charge is 0.497 e. The predicted octanol–water partition coefficient (Wildman–Crippen LogP) is 1.03. The third-order valence-corrected chi connectivity index (χ3v) is 5.83. The Hall–Kier alpha value is -2.46. The molecule has 146 valence electrons. The maximum atomic E-state index is 12.3. The minimum absolute atomic E-state index is 0.132. The van der Waals surface area contributed by atoms with Crippen LogP contribution in [0.15, 0.2) is 28.8 Å². The average molecular weight is 394 g/mol. The van der Waals surface area contributed by atoms with E-state index in [0.29, 0.717) is 37.6 Å². The van der Waals surface area contributed by atoms with Crippen LogP contribution in [0.1, 0.15) is 18.7 Å². The van der Waals surface area contributed by atoms with Crippen molar-refractivity contribution in [3.8, 4) is 17.1 Å². The number of piperidine rings is 1. The maximum Gasteiger partial charge on any atom is 0.246 e. The van der Waals surface area contributed by atoms with Gasteiger partial charge in [-0.25, -0.2) is 12.7 Å². The van der Waals surface area contributed by atoms with Crippen molar-refractivity contribution in [3.63, 3.8) is 0 Å². The van der Waals surface area contributed by atoms with Crippen LogP contribution in [0.25, 0.3) is 11.4 Å². The molecule has 2 heterocycles. The Morgan fingerprint density at radius 3 is 2.56 bits per heavy atom. The van der Waals surface area contributed by atoms with Gasteiger partial charge in [-0.15, -0.1) is 0 Å². The molecule has 10 heteroatoms. The molecule has 1 saturated heterocycles. The Kier molecular flexibility index (Phi) is 5.76. The fourth-order valence-electron chi connectivity index (χ4n) is 2.94. The van der Waals surface area contributed by atoms with E-state index in [1.54, 1.807) is 19.2 Å². The van der Waals surface area contributed by atoms with Crippen molar-refractivity contribution in [3.05, 3.63) is 30.2 Å². The van der Waals surface area contributed by atoms with Gasteiger partial charge < -0.3 is 14.6 Å². The number of hydrogen-bond acceptors (Lipinski definition) is 7. The molecule has 1 aromatic carbocycles. The molecule has 1 amide bonds. The summed E-state index contributed by atoms with van der Waals surface area (Å²) >= 11 is 0. The number of ether oxygens (including phenoxy) is 1. The second kappa shape index (κ2) is 8.05. The van der Waals surface area contributed by atoms with E-state index < -0.39 is 10.0 Å². The molecular weight excluding hydrogens is 372 g/mol. The Morgan fingerprint density at radius 1 is 1.30 bits per heavy atom. The maximum absolute atomic E-state index is 12.3. The molecule has 1 aromatic heterocycles. The quantitative estimate of drug-likeness (QED) is 0.778. The van der Waals surface area contributed by atoms with E-state index in [0.717, 1.165) is 11.3 Å². The van der Waals surface area contributed by atoms with Crippen LogP contribution in [0.5, 0.6) is 5.75 Å². The first-order chi connectivity index (χ1) is 12.9. The first kappa shape index (κ1) is 19.3. The number of amides is 1. The molecule has 0 saturated carbocycles. The molecule has 2 aromatic rings. The molecular formula is C17H22N4O5S. The van der Waals surface area contributed by atoms with Gasteiger partial charge in [-0.3, -0.25) is 4.79 Å². The molecule has 0 radical (unpaired) electrons. The second-order valence-electron chi connectivity index (χ2n) is 6.39. The van der Waals surface area contributed by atoms with E-state index >= 15 is 0 Å². The lowest BCUT2D eigenvalue weighted by Crippen LogP contribution is -2.42. The Bertz CT molecular complexity index is 886. The summed E-state index contributed by atoms with van der Waals surface area (Å²) in [5.41, 5.74) is 0.783. The van der Waals surface area contributed by atoms with Crippen LogP contribution >= 0.6 is 0 Å². The molecule has 0 bridgehead atoms. The number of hydrogen-bond donors (Lipinski definition) is 1. The van der Waals surface area contributed by atoms with Gasteiger partial charge in [0.05, 0.1) is 19.9 Å². The first-order valence-electron chi connectivity index (χ1n) is 8.56. The normalized spacial score (nSPS) is 16.2. The minimum Gasteiger partial charge on any atom is -0.497 e. The van der Waals surface area contributed by atoms with Gasteiger partial charge in [-0.1, -0.05) is 5.16 Å². The summed E-state index contributed by atoms with van der Waals surface area (Å²) in [6, 6.07) is 7.25. The predicted molar refractivity (Wildman–Crippen MR) is 97.3 cm³/mol. The van der Waals surface area contributed by atoms with Crippen molar-refractivity contribution in [1.29, 1.82) is 0 Å². The zero-order chi connectivity index (χ0) is 19.4. The molecule has 9 nitrogen and oxygen atoms in total. The van der Waals surface area contributed by atoms with Gasteiger partial charge in [-0.2, -0.15) is 4.98 Å². The monoisotopic (exact) mass is 394 g/mol. The van der Waals surface area contributed by atoms with Gasteiger partial charge >= 0.3 is 0 Å². The Morgan fingerprint density at radius 2 is 1.96 bits per heavy atom. The van der Waals surface area contributed by atoms with Crippen molar-refractivity contribution in [1.82, 2.24) is 19.8 Å². The van der Waals surface area contributed by atoms with Crippen molar-refractivity contribution in [2.24, 2.45) is 5.92 Å². The third kappa shape index (κ3) is 4.83. The van der Waals surface area contributed by atoms with Gasteiger partial charge in [0.1, 0.15) is 5.75 Å². The number of rotatable bonds is 6. The standard InChI is InChI=1S/C17H22N4O5S/c1-25-14-5-3-12(4-6-14)16-19-15(26-20-16)11-18-17(22)13-7-9-21(10-8-13)27(2,23)24/h3-6,13H,7-11H2,1-2H3,(H,18,22). The van der Waals surface area contributed by atoms with E-state index in [9.17, 15) is 13.2 Å². The summed E-state index contributed by atoms with van der Waals surface area (Å²) in [4.78, 5) is 16.6. The van der Waals surface area contributed by atoms with Crippen molar-refractivity contribution >= 4 is 15.9 Å². The molecule has 1 fully saturated rings. The molecule has 0 aliphatic carbocycles. The lowest BCUT2D eigenvalue weighted by molar-refractivity contribution is -0.126. The number of benzene rings is 1. The van der Waals surface area contributed by atoms with Crippen LogP contribution in [0.2, 0.25) is 0 Å². The molecule has 3 rings (SSSR count). The van der Waals surface area contributed by atoms with Crippen LogP contribution in [0, 0.1) is 5.92 Å². The molecule has 0 atom stereocenters. The van der Waals surface area contributed by atoms with Crippen molar-refractivity contribution in [2.75, 3.05) is 26.5 Å². The molecule has 1 aliphatic rings. The van der Waals surface area contributed by atoms with Gasteiger partial charge in [-0.05, 0) is 37.1 Å². The SMILES string of the molecule is COc1ccc(-c2noc(CNC(=O)C3CCN(S(C)(=O)=O)CC3)n2)cc1. The van der Waals surface area contributed by atoms with Gasteiger partial charge in [0, 0.05) is 24.6 Å². The lowest BCUT2D eigenvalue weighted by atomic mass is 9.97. The van der Waals surface area contributed by atoms with Crippen molar-refractivity contribution in [2.45, 2.75) is 19.4 Å². The van der Waals surface area contributed by atoms with Gasteiger partial charge in [0.15, 0.2) is 0 Å². The van der Waals surface area contributed by atoms with Crippen LogP contribution < -0.4 is 10.1 Å². The molecule has 1 N–H and O–H groups in total. The molecule has 1 aliphatic heterocycles. The number of methoxy groups -OCH3 is 1. The fourth-order valence-corrected chi connectivity index (χ4v) is 3.81. The zero-order valence-electron chi connectivity index (χ0n) is 15.2. The number of sulfonamides is 1. The fraction of sp³-hybridized carbons (Fsp3) is 0.471. The minimum atomic E-state index is -3.20. The zero-order valence-corrected chi connectivity index (χ0v) is 16.0. The number of nitrogens with one attached hydrogen (secondary N) is 1. The first-order valence-corrected chi connectivity index (χ1v) is 10.4. The van der Waals surface area contributed by atoms with E-state index in [1.165, 1.54) is 10.6 Å². The van der Waals surface area contributed by atoms with Crippen molar-refractivity contribution < 1.29 is 22.5 Å². The highest BCUT2D eigenvalue weighted by molar-refractivity contribution is 7.88. The van der Waals surface area contributed by atoms with Gasteiger partial charge in [0.25, 0.3) is 0 Å². The van der Waals surface area contributed by atoms with Crippen LogP contribution in [0.4, 0.5) is 0 Å². The number of nitrogens with zero attached hydrogens (tertiary/aromatic N) is 3. The van der Waals surface area contributed by atoms with Crippen LogP contribution in [-0.4, -0.2) is 55.2 Å². The summed E-state index contributed by atoms with van der Waals surface area (Å²) in [6.45, 7) is 0.854. The summed E-state index contributed by atoms with van der Waals surface area (Å²) in [7, 11) is -1.61. The number of carbonyl (C=O) groups is 1. The highest BCUT2D eigenvalue weighted by Gasteiger charge is 2.29. The topological polar surface area (TPSA) is 115 Å². The smallest absolute Gasteiger partial charge is 0.246 e. The van der Waals surface area contributed by atoms with E-state index in [2.05, 4.69) is 15.5 Å². The average Bonchev–Trinajstić information content (AvgIpc) is 3.14. The third-order valence-electron chi connectivity index (χ3n) is 4.52. The second-order valence-corrected chi connectivity index (χ2v) is 8.38. The van der Waals surface area contributed by atoms with E-state index in [4.69, 9.17) is 9.26 Å². The van der Waals surface area contributed by atoms with E-state index in [1.807, 2.05) is 12.1 Å². The highest BCUT2D eigenvalue weighted by atomic mass is 32.2. The van der Waals surface area contributed by atoms with Gasteiger partial charge in [0.2, 0.25) is 27.6 Å². The molecule has 27 heavy (non-hydrogen) atoms. The van der Waals surface area contributed by atoms with E-state index in [-0.39, 0.29) is 18.4 Å². The Labute approximate surface area is 157 Å². The molecule has 0 spiro atoms. The van der Waals surface area contributed by atoms with Crippen LogP contribution in [-0.2, 0) is 21.4 Å². The summed E-state index contributed by atoms with van der Waals surface area (Å²) in [6.07, 6.45) is 2.18.